The highest BCUT2D eigenvalue weighted by Gasteiger charge is 2.22. The van der Waals surface area contributed by atoms with Crippen LogP contribution in [0.15, 0.2) is 42.1 Å². The number of nitrogens with one attached hydrogen (secondary N) is 1. The van der Waals surface area contributed by atoms with Crippen LogP contribution >= 0.6 is 23.1 Å². The molecule has 36 heavy (non-hydrogen) atoms. The molecule has 0 bridgehead atoms. The van der Waals surface area contributed by atoms with Crippen LogP contribution in [-0.4, -0.2) is 36.6 Å². The van der Waals surface area contributed by atoms with E-state index in [4.69, 9.17) is 4.74 Å². The van der Waals surface area contributed by atoms with Crippen molar-refractivity contribution in [1.29, 1.82) is 0 Å². The summed E-state index contributed by atoms with van der Waals surface area (Å²) in [7, 11) is 0. The van der Waals surface area contributed by atoms with Gasteiger partial charge in [0.2, 0.25) is 11.0 Å². The van der Waals surface area contributed by atoms with Crippen LogP contribution in [0.1, 0.15) is 87.2 Å². The Morgan fingerprint density at radius 2 is 1.92 bits per heavy atom. The van der Waals surface area contributed by atoms with E-state index in [1.807, 2.05) is 23.6 Å². The molecule has 2 heterocycles. The molecule has 1 aromatic carbocycles. The monoisotopic (exact) mass is 526 g/mol. The van der Waals surface area contributed by atoms with Gasteiger partial charge in [0.05, 0.1) is 5.75 Å². The Hall–Kier alpha value is -2.72. The number of benzene rings is 1. The number of amides is 1. The maximum Gasteiger partial charge on any atom is 0.236 e. The molecule has 0 spiro atoms. The molecule has 1 saturated carbocycles. The molecule has 0 saturated heterocycles. The second kappa shape index (κ2) is 12.5. The van der Waals surface area contributed by atoms with Crippen molar-refractivity contribution in [2.24, 2.45) is 0 Å². The van der Waals surface area contributed by atoms with Crippen LogP contribution < -0.4 is 10.1 Å². The summed E-state index contributed by atoms with van der Waals surface area (Å²) in [6.45, 7) is 10.7. The number of ether oxygens (including phenoxy) is 1. The lowest BCUT2D eigenvalue weighted by Gasteiger charge is -2.18. The van der Waals surface area contributed by atoms with Crippen molar-refractivity contribution in [2.45, 2.75) is 82.5 Å². The van der Waals surface area contributed by atoms with E-state index in [1.54, 1.807) is 6.08 Å². The van der Waals surface area contributed by atoms with E-state index in [1.165, 1.54) is 47.9 Å². The summed E-state index contributed by atoms with van der Waals surface area (Å²) >= 11 is 2.81. The van der Waals surface area contributed by atoms with Crippen LogP contribution in [0.3, 0.4) is 0 Å². The van der Waals surface area contributed by atoms with Crippen LogP contribution in [0.4, 0.5) is 5.13 Å². The molecule has 1 unspecified atom stereocenters. The summed E-state index contributed by atoms with van der Waals surface area (Å²) in [6, 6.07) is 8.12. The average Bonchev–Trinajstić information content (AvgIpc) is 3.51. The first-order valence-electron chi connectivity index (χ1n) is 12.5. The minimum absolute atomic E-state index is 0.143. The summed E-state index contributed by atoms with van der Waals surface area (Å²) < 4.78 is 8.07. The fraction of sp³-hybridized carbons (Fsp3) is 0.500. The van der Waals surface area contributed by atoms with E-state index in [9.17, 15) is 4.79 Å². The van der Waals surface area contributed by atoms with Gasteiger partial charge >= 0.3 is 0 Å². The molecular weight excluding hydrogens is 492 g/mol. The summed E-state index contributed by atoms with van der Waals surface area (Å²) in [5.41, 5.74) is 1.26. The van der Waals surface area contributed by atoms with Gasteiger partial charge < -0.3 is 4.74 Å². The third-order valence-electron chi connectivity index (χ3n) is 6.25. The lowest BCUT2D eigenvalue weighted by atomic mass is 9.90. The number of aromatic nitrogens is 5. The highest BCUT2D eigenvalue weighted by molar-refractivity contribution is 7.99. The predicted molar refractivity (Wildman–Crippen MR) is 145 cm³/mol. The molecule has 192 valence electrons. The van der Waals surface area contributed by atoms with Crippen molar-refractivity contribution in [2.75, 3.05) is 11.1 Å². The van der Waals surface area contributed by atoms with E-state index in [2.05, 4.69) is 58.3 Å². The van der Waals surface area contributed by atoms with Crippen molar-refractivity contribution in [3.63, 3.8) is 0 Å². The molecule has 4 rings (SSSR count). The zero-order valence-corrected chi connectivity index (χ0v) is 22.8. The topological polar surface area (TPSA) is 94.8 Å². The van der Waals surface area contributed by atoms with Gasteiger partial charge in [-0.1, -0.05) is 74.4 Å². The SMILES string of the molecule is C=CCn1c(SCC(=O)Nc2nnc(C3CCCCC3)s2)nnc1C(C)Oc1ccc(C(C)C)cc1. The van der Waals surface area contributed by atoms with Crippen molar-refractivity contribution in [1.82, 2.24) is 25.0 Å². The summed E-state index contributed by atoms with van der Waals surface area (Å²) in [6.07, 6.45) is 7.56. The van der Waals surface area contributed by atoms with Crippen LogP contribution in [0.2, 0.25) is 0 Å². The number of rotatable bonds is 11. The fourth-order valence-electron chi connectivity index (χ4n) is 4.28. The normalized spacial score (nSPS) is 15.1. The van der Waals surface area contributed by atoms with Crippen LogP contribution in [-0.2, 0) is 11.3 Å². The average molecular weight is 527 g/mol. The first-order chi connectivity index (χ1) is 17.4. The van der Waals surface area contributed by atoms with E-state index >= 15 is 0 Å². The van der Waals surface area contributed by atoms with Gasteiger partial charge in [0.15, 0.2) is 17.1 Å². The zero-order valence-electron chi connectivity index (χ0n) is 21.1. The molecule has 2 aromatic heterocycles. The third-order valence-corrected chi connectivity index (χ3v) is 8.22. The van der Waals surface area contributed by atoms with Crippen molar-refractivity contribution in [3.05, 3.63) is 53.3 Å². The molecule has 0 aliphatic heterocycles. The van der Waals surface area contributed by atoms with E-state index in [0.717, 1.165) is 23.6 Å². The zero-order chi connectivity index (χ0) is 25.5. The fourth-order valence-corrected chi connectivity index (χ4v) is 5.96. The van der Waals surface area contributed by atoms with Crippen LogP contribution in [0, 0.1) is 0 Å². The highest BCUT2D eigenvalue weighted by Crippen LogP contribution is 2.35. The Labute approximate surface area is 221 Å². The van der Waals surface area contributed by atoms with Gasteiger partial charge in [-0.3, -0.25) is 14.7 Å². The van der Waals surface area contributed by atoms with Crippen LogP contribution in [0.5, 0.6) is 5.75 Å². The maximum atomic E-state index is 12.6. The standard InChI is InChI=1S/C26H34N6O2S2/c1-5-15-32-23(18(4)34-21-13-11-19(12-14-21)17(2)3)28-31-26(32)35-16-22(33)27-25-30-29-24(36-25)20-9-7-6-8-10-20/h5,11-14,17-18,20H,1,6-10,15-16H2,2-4H3,(H,27,30,33). The van der Waals surface area contributed by atoms with E-state index in [0.29, 0.717) is 34.5 Å². The molecule has 8 nitrogen and oxygen atoms in total. The Bertz CT molecular complexity index is 1150. The van der Waals surface area contributed by atoms with Gasteiger partial charge in [-0.05, 0) is 43.4 Å². The summed E-state index contributed by atoms with van der Waals surface area (Å²) in [5.74, 6) is 2.46. The number of nitrogens with zero attached hydrogens (tertiary/aromatic N) is 5. The first kappa shape index (κ1) is 26.3. The lowest BCUT2D eigenvalue weighted by Crippen LogP contribution is -2.15. The Morgan fingerprint density at radius 3 is 2.61 bits per heavy atom. The Morgan fingerprint density at radius 1 is 1.17 bits per heavy atom. The predicted octanol–water partition coefficient (Wildman–Crippen LogP) is 6.36. The van der Waals surface area contributed by atoms with Gasteiger partial charge in [-0.15, -0.1) is 27.0 Å². The van der Waals surface area contributed by atoms with Gasteiger partial charge in [0.1, 0.15) is 10.8 Å². The Balaban J connectivity index is 1.35. The number of anilines is 1. The first-order valence-corrected chi connectivity index (χ1v) is 14.3. The molecule has 1 aliphatic carbocycles. The second-order valence-electron chi connectivity index (χ2n) is 9.34. The molecule has 1 N–H and O–H groups in total. The van der Waals surface area contributed by atoms with Crippen molar-refractivity contribution in [3.8, 4) is 5.75 Å². The quantitative estimate of drug-likeness (QED) is 0.229. The highest BCUT2D eigenvalue weighted by atomic mass is 32.2. The van der Waals surface area contributed by atoms with Crippen molar-refractivity contribution < 1.29 is 9.53 Å². The molecule has 3 aromatic rings. The Kier molecular flexibility index (Phi) is 9.14. The van der Waals surface area contributed by atoms with Gasteiger partial charge in [-0.2, -0.15) is 0 Å². The van der Waals surface area contributed by atoms with E-state index in [-0.39, 0.29) is 17.8 Å². The molecular formula is C26H34N6O2S2. The number of hydrogen-bond donors (Lipinski definition) is 1. The van der Waals surface area contributed by atoms with Crippen LogP contribution in [0.25, 0.3) is 0 Å². The minimum atomic E-state index is -0.315. The van der Waals surface area contributed by atoms with Gasteiger partial charge in [-0.25, -0.2) is 0 Å². The smallest absolute Gasteiger partial charge is 0.236 e. The van der Waals surface area contributed by atoms with E-state index < -0.39 is 0 Å². The molecule has 1 amide bonds. The molecule has 1 fully saturated rings. The number of carbonyl (C=O) groups is 1. The molecule has 10 heteroatoms. The minimum Gasteiger partial charge on any atom is -0.483 e. The largest absolute Gasteiger partial charge is 0.483 e. The number of hydrogen-bond acceptors (Lipinski definition) is 8. The van der Waals surface area contributed by atoms with Gasteiger partial charge in [0, 0.05) is 12.5 Å². The number of carbonyl (C=O) groups excluding carboxylic acids is 1. The lowest BCUT2D eigenvalue weighted by molar-refractivity contribution is -0.113. The summed E-state index contributed by atoms with van der Waals surface area (Å²) in [4.78, 5) is 12.6. The van der Waals surface area contributed by atoms with Gasteiger partial charge in [0.25, 0.3) is 0 Å². The molecule has 1 atom stereocenters. The maximum absolute atomic E-state index is 12.6. The molecule has 1 aliphatic rings. The molecule has 0 radical (unpaired) electrons. The van der Waals surface area contributed by atoms with Crippen molar-refractivity contribution >= 4 is 34.1 Å². The summed E-state index contributed by atoms with van der Waals surface area (Å²) in [5, 5.41) is 22.3. The second-order valence-corrected chi connectivity index (χ2v) is 11.3. The number of allylic oxidation sites excluding steroid dienone is 1. The number of thioether (sulfide) groups is 1. The third kappa shape index (κ3) is 6.73.